The van der Waals surface area contributed by atoms with E-state index in [1.54, 1.807) is 0 Å². The molecular weight excluding hydrogens is 306 g/mol. The molecule has 5 nitrogen and oxygen atoms in total. The van der Waals surface area contributed by atoms with E-state index in [0.717, 1.165) is 4.88 Å². The van der Waals surface area contributed by atoms with Crippen molar-refractivity contribution in [1.29, 1.82) is 0 Å². The number of hydrogen-bond donors (Lipinski definition) is 3. The lowest BCUT2D eigenvalue weighted by Gasteiger charge is -2.09. The summed E-state index contributed by atoms with van der Waals surface area (Å²) in [6.45, 7) is 0.470. The Morgan fingerprint density at radius 1 is 1.32 bits per heavy atom. The van der Waals surface area contributed by atoms with Crippen LogP contribution in [0.3, 0.4) is 0 Å². The van der Waals surface area contributed by atoms with Gasteiger partial charge in [-0.15, -0.1) is 11.3 Å². The predicted octanol–water partition coefficient (Wildman–Crippen LogP) is 2.24. The second kappa shape index (κ2) is 5.38. The first-order valence-electron chi connectivity index (χ1n) is 5.26. The molecule has 2 rings (SSSR count). The quantitative estimate of drug-likeness (QED) is 0.805. The van der Waals surface area contributed by atoms with Crippen molar-refractivity contribution >= 4 is 44.3 Å². The third-order valence-corrected chi connectivity index (χ3v) is 4.66. The van der Waals surface area contributed by atoms with Gasteiger partial charge in [-0.05, 0) is 29.6 Å². The SMILES string of the molecule is Nc1ccsc1CNc1cc(S(N)(=O)=O)ccc1Cl. The second-order valence-electron chi connectivity index (χ2n) is 3.84. The molecule has 8 heteroatoms. The van der Waals surface area contributed by atoms with Gasteiger partial charge in [0.15, 0.2) is 0 Å². The average molecular weight is 318 g/mol. The molecule has 0 atom stereocenters. The van der Waals surface area contributed by atoms with Crippen molar-refractivity contribution in [2.75, 3.05) is 11.1 Å². The molecule has 0 radical (unpaired) electrons. The minimum Gasteiger partial charge on any atom is -0.398 e. The summed E-state index contributed by atoms with van der Waals surface area (Å²) in [6, 6.07) is 6.06. The summed E-state index contributed by atoms with van der Waals surface area (Å²) in [6.07, 6.45) is 0. The molecule has 2 aromatic rings. The fraction of sp³-hybridized carbons (Fsp3) is 0.0909. The number of halogens is 1. The number of hydrogen-bond acceptors (Lipinski definition) is 5. The maximum absolute atomic E-state index is 11.3. The summed E-state index contributed by atoms with van der Waals surface area (Å²) in [5.74, 6) is 0. The van der Waals surface area contributed by atoms with Crippen molar-refractivity contribution < 1.29 is 8.42 Å². The van der Waals surface area contributed by atoms with Gasteiger partial charge in [-0.1, -0.05) is 11.6 Å². The van der Waals surface area contributed by atoms with E-state index in [1.807, 2.05) is 11.4 Å². The fourth-order valence-electron chi connectivity index (χ4n) is 1.49. The van der Waals surface area contributed by atoms with Gasteiger partial charge in [0.25, 0.3) is 0 Å². The summed E-state index contributed by atoms with van der Waals surface area (Å²) < 4.78 is 22.5. The van der Waals surface area contributed by atoms with Crippen LogP contribution in [0.15, 0.2) is 34.5 Å². The number of nitrogens with two attached hydrogens (primary N) is 2. The fourth-order valence-corrected chi connectivity index (χ4v) is 2.95. The van der Waals surface area contributed by atoms with Gasteiger partial charge in [-0.25, -0.2) is 13.6 Å². The summed E-state index contributed by atoms with van der Waals surface area (Å²) in [4.78, 5) is 0.968. The highest BCUT2D eigenvalue weighted by atomic mass is 35.5. The van der Waals surface area contributed by atoms with E-state index in [2.05, 4.69) is 5.32 Å². The Morgan fingerprint density at radius 2 is 2.05 bits per heavy atom. The molecule has 1 aromatic heterocycles. The van der Waals surface area contributed by atoms with E-state index in [9.17, 15) is 8.42 Å². The normalized spacial score (nSPS) is 11.5. The van der Waals surface area contributed by atoms with Gasteiger partial charge in [0.1, 0.15) is 0 Å². The van der Waals surface area contributed by atoms with Crippen LogP contribution in [0.5, 0.6) is 0 Å². The van der Waals surface area contributed by atoms with Gasteiger partial charge >= 0.3 is 0 Å². The molecule has 0 amide bonds. The Hall–Kier alpha value is -1.28. The molecule has 0 bridgehead atoms. The maximum Gasteiger partial charge on any atom is 0.238 e. The minimum absolute atomic E-state index is 0.0125. The van der Waals surface area contributed by atoms with Gasteiger partial charge in [-0.2, -0.15) is 0 Å². The molecule has 19 heavy (non-hydrogen) atoms. The summed E-state index contributed by atoms with van der Waals surface area (Å²) in [5, 5.41) is 10.4. The Kier molecular flexibility index (Phi) is 4.00. The Balaban J connectivity index is 2.23. The molecule has 0 fully saturated rings. The van der Waals surface area contributed by atoms with Crippen molar-refractivity contribution in [1.82, 2.24) is 0 Å². The molecule has 0 aliphatic rings. The average Bonchev–Trinajstić information content (AvgIpc) is 2.72. The van der Waals surface area contributed by atoms with Crippen LogP contribution in [0.2, 0.25) is 5.02 Å². The smallest absolute Gasteiger partial charge is 0.238 e. The Morgan fingerprint density at radius 3 is 2.63 bits per heavy atom. The molecule has 102 valence electrons. The zero-order chi connectivity index (χ0) is 14.0. The maximum atomic E-state index is 11.3. The van der Waals surface area contributed by atoms with E-state index in [1.165, 1.54) is 29.5 Å². The third kappa shape index (κ3) is 3.38. The second-order valence-corrected chi connectivity index (χ2v) is 6.81. The molecule has 0 saturated carbocycles. The van der Waals surface area contributed by atoms with Crippen molar-refractivity contribution in [3.05, 3.63) is 39.5 Å². The van der Waals surface area contributed by atoms with Crippen LogP contribution in [0, 0.1) is 0 Å². The number of nitrogens with one attached hydrogen (secondary N) is 1. The number of rotatable bonds is 4. The largest absolute Gasteiger partial charge is 0.398 e. The van der Waals surface area contributed by atoms with Crippen LogP contribution in [0.1, 0.15) is 4.88 Å². The molecule has 1 aromatic carbocycles. The van der Waals surface area contributed by atoms with Crippen molar-refractivity contribution in [2.24, 2.45) is 5.14 Å². The highest BCUT2D eigenvalue weighted by molar-refractivity contribution is 7.89. The Bertz CT molecular complexity index is 698. The highest BCUT2D eigenvalue weighted by Crippen LogP contribution is 2.27. The standard InChI is InChI=1S/C11H12ClN3O2S2/c12-8-2-1-7(19(14,16)17)5-10(8)15-6-11-9(13)3-4-18-11/h1-5,15H,6,13H2,(H2,14,16,17). The number of thiophene rings is 1. The molecule has 5 N–H and O–H groups in total. The summed E-state index contributed by atoms with van der Waals surface area (Å²) in [5.41, 5.74) is 6.96. The molecule has 0 spiro atoms. The zero-order valence-electron chi connectivity index (χ0n) is 9.76. The highest BCUT2D eigenvalue weighted by Gasteiger charge is 2.11. The topological polar surface area (TPSA) is 98.2 Å². The number of benzene rings is 1. The number of nitrogen functional groups attached to an aromatic ring is 1. The van der Waals surface area contributed by atoms with E-state index in [0.29, 0.717) is 22.9 Å². The third-order valence-electron chi connectivity index (χ3n) is 2.49. The predicted molar refractivity (Wildman–Crippen MR) is 78.9 cm³/mol. The number of sulfonamides is 1. The van der Waals surface area contributed by atoms with E-state index in [4.69, 9.17) is 22.5 Å². The van der Waals surface area contributed by atoms with Crippen LogP contribution in [0.4, 0.5) is 11.4 Å². The number of anilines is 2. The van der Waals surface area contributed by atoms with Gasteiger partial charge < -0.3 is 11.1 Å². The summed E-state index contributed by atoms with van der Waals surface area (Å²) >= 11 is 7.51. The van der Waals surface area contributed by atoms with E-state index < -0.39 is 10.0 Å². The lowest BCUT2D eigenvalue weighted by Crippen LogP contribution is -2.12. The molecule has 0 aliphatic heterocycles. The Labute approximate surface area is 120 Å². The van der Waals surface area contributed by atoms with Gasteiger partial charge in [0.2, 0.25) is 10.0 Å². The van der Waals surface area contributed by atoms with Crippen LogP contribution in [-0.4, -0.2) is 8.42 Å². The van der Waals surface area contributed by atoms with Crippen molar-refractivity contribution in [3.8, 4) is 0 Å². The van der Waals surface area contributed by atoms with Crippen LogP contribution < -0.4 is 16.2 Å². The number of primary sulfonamides is 1. The van der Waals surface area contributed by atoms with Crippen molar-refractivity contribution in [2.45, 2.75) is 11.4 Å². The lowest BCUT2D eigenvalue weighted by molar-refractivity contribution is 0.598. The zero-order valence-corrected chi connectivity index (χ0v) is 12.1. The monoisotopic (exact) mass is 317 g/mol. The van der Waals surface area contributed by atoms with E-state index >= 15 is 0 Å². The summed E-state index contributed by atoms with van der Waals surface area (Å²) in [7, 11) is -3.74. The first-order valence-corrected chi connectivity index (χ1v) is 8.06. The molecular formula is C11H12ClN3O2S2. The molecule has 0 unspecified atom stereocenters. The molecule has 0 aliphatic carbocycles. The lowest BCUT2D eigenvalue weighted by atomic mass is 10.3. The first-order chi connectivity index (χ1) is 8.88. The van der Waals surface area contributed by atoms with Crippen LogP contribution in [-0.2, 0) is 16.6 Å². The van der Waals surface area contributed by atoms with Gasteiger partial charge in [-0.3, -0.25) is 0 Å². The van der Waals surface area contributed by atoms with E-state index in [-0.39, 0.29) is 4.90 Å². The van der Waals surface area contributed by atoms with Crippen LogP contribution >= 0.6 is 22.9 Å². The van der Waals surface area contributed by atoms with Gasteiger partial charge in [0.05, 0.1) is 22.2 Å². The minimum atomic E-state index is -3.74. The molecule has 1 heterocycles. The van der Waals surface area contributed by atoms with Crippen LogP contribution in [0.25, 0.3) is 0 Å². The van der Waals surface area contributed by atoms with Crippen molar-refractivity contribution in [3.63, 3.8) is 0 Å². The van der Waals surface area contributed by atoms with Gasteiger partial charge in [0, 0.05) is 10.6 Å². The molecule has 0 saturated heterocycles. The first kappa shape index (κ1) is 14.1.